The van der Waals surface area contributed by atoms with Crippen LogP contribution in [0, 0.1) is 0 Å². The molecule has 0 aromatic carbocycles. The molecule has 0 saturated heterocycles. The quantitative estimate of drug-likeness (QED) is 0.371. The smallest absolute Gasteiger partial charge is 0.243 e. The molecule has 6 nitrogen and oxygen atoms in total. The molecular formula is C15H27BrIN5O. The number of aryl methyl sites for hydroxylation is 1. The third-order valence-corrected chi connectivity index (χ3v) is 3.66. The maximum absolute atomic E-state index is 11.7. The second kappa shape index (κ2) is 10.9. The molecule has 0 radical (unpaired) electrons. The molecule has 1 rings (SSSR count). The summed E-state index contributed by atoms with van der Waals surface area (Å²) < 4.78 is 3.13. The summed E-state index contributed by atoms with van der Waals surface area (Å²) in [5.74, 6) is 0.736. The van der Waals surface area contributed by atoms with Crippen LogP contribution in [0.15, 0.2) is 21.7 Å². The second-order valence-corrected chi connectivity index (χ2v) is 6.39. The minimum Gasteiger partial charge on any atom is -0.356 e. The monoisotopic (exact) mass is 499 g/mol. The summed E-state index contributed by atoms with van der Waals surface area (Å²) in [6, 6.07) is 2.08. The summed E-state index contributed by atoms with van der Waals surface area (Å²) >= 11 is 3.48. The average molecular weight is 500 g/mol. The lowest BCUT2D eigenvalue weighted by Gasteiger charge is -2.23. The highest BCUT2D eigenvalue weighted by Gasteiger charge is 2.11. The second-order valence-electron chi connectivity index (χ2n) is 5.47. The number of nitrogens with one attached hydrogen (secondary N) is 1. The molecule has 1 aromatic heterocycles. The van der Waals surface area contributed by atoms with Crippen molar-refractivity contribution in [1.82, 2.24) is 19.7 Å². The Morgan fingerprint density at radius 2 is 2.04 bits per heavy atom. The summed E-state index contributed by atoms with van der Waals surface area (Å²) in [5.41, 5.74) is 1.17. The Bertz CT molecular complexity index is 530. The van der Waals surface area contributed by atoms with E-state index in [0.29, 0.717) is 6.54 Å². The predicted octanol–water partition coefficient (Wildman–Crippen LogP) is 2.28. The van der Waals surface area contributed by atoms with Crippen molar-refractivity contribution in [2.75, 3.05) is 34.2 Å². The maximum atomic E-state index is 11.7. The van der Waals surface area contributed by atoms with Crippen molar-refractivity contribution in [2.24, 2.45) is 12.0 Å². The van der Waals surface area contributed by atoms with Gasteiger partial charge in [0.2, 0.25) is 5.91 Å². The van der Waals surface area contributed by atoms with Gasteiger partial charge in [-0.2, -0.15) is 0 Å². The van der Waals surface area contributed by atoms with Gasteiger partial charge in [0.15, 0.2) is 5.96 Å². The highest BCUT2D eigenvalue weighted by atomic mass is 127. The van der Waals surface area contributed by atoms with Crippen LogP contribution in [0.5, 0.6) is 0 Å². The number of rotatable bonds is 6. The first-order chi connectivity index (χ1) is 10.3. The fraction of sp³-hybridized carbons (Fsp3) is 0.600. The van der Waals surface area contributed by atoms with E-state index in [-0.39, 0.29) is 36.4 Å². The zero-order valence-electron chi connectivity index (χ0n) is 14.5. The number of hydrogen-bond donors (Lipinski definition) is 1. The Kier molecular flexibility index (Phi) is 10.5. The van der Waals surface area contributed by atoms with Crippen molar-refractivity contribution in [3.05, 3.63) is 22.4 Å². The molecule has 0 atom stereocenters. The van der Waals surface area contributed by atoms with Crippen LogP contribution in [-0.4, -0.2) is 60.5 Å². The molecule has 1 heterocycles. The van der Waals surface area contributed by atoms with Crippen molar-refractivity contribution < 1.29 is 4.79 Å². The van der Waals surface area contributed by atoms with E-state index < -0.39 is 0 Å². The van der Waals surface area contributed by atoms with Gasteiger partial charge < -0.3 is 19.7 Å². The molecule has 0 bridgehead atoms. The van der Waals surface area contributed by atoms with E-state index in [1.165, 1.54) is 5.69 Å². The first kappa shape index (κ1) is 22.2. The molecule has 0 fully saturated rings. The highest BCUT2D eigenvalue weighted by molar-refractivity contribution is 14.0. The highest BCUT2D eigenvalue weighted by Crippen LogP contribution is 2.14. The fourth-order valence-electron chi connectivity index (χ4n) is 1.87. The molecule has 0 aliphatic heterocycles. The number of amides is 1. The minimum absolute atomic E-state index is 0. The lowest BCUT2D eigenvalue weighted by molar-refractivity contribution is -0.127. The fourth-order valence-corrected chi connectivity index (χ4v) is 2.44. The van der Waals surface area contributed by atoms with Crippen LogP contribution in [0.1, 0.15) is 19.0 Å². The largest absolute Gasteiger partial charge is 0.356 e. The Hall–Kier alpha value is -0.770. The van der Waals surface area contributed by atoms with Crippen LogP contribution in [0.3, 0.4) is 0 Å². The number of likely N-dealkylation sites (N-methyl/N-ethyl adjacent to an activating group) is 1. The first-order valence-corrected chi connectivity index (χ1v) is 8.14. The van der Waals surface area contributed by atoms with Crippen molar-refractivity contribution in [3.8, 4) is 0 Å². The molecule has 0 saturated carbocycles. The number of carbonyl (C=O) groups excluding carboxylic acids is 1. The number of halogens is 2. The van der Waals surface area contributed by atoms with Crippen molar-refractivity contribution >= 4 is 51.8 Å². The van der Waals surface area contributed by atoms with E-state index >= 15 is 0 Å². The van der Waals surface area contributed by atoms with Gasteiger partial charge in [-0.05, 0) is 28.4 Å². The van der Waals surface area contributed by atoms with Gasteiger partial charge in [0.1, 0.15) is 6.54 Å². The van der Waals surface area contributed by atoms with Crippen molar-refractivity contribution in [3.63, 3.8) is 0 Å². The Morgan fingerprint density at radius 3 is 2.52 bits per heavy atom. The predicted molar refractivity (Wildman–Crippen MR) is 109 cm³/mol. The summed E-state index contributed by atoms with van der Waals surface area (Å²) in [7, 11) is 7.47. The molecule has 8 heteroatoms. The van der Waals surface area contributed by atoms with Gasteiger partial charge in [-0.15, -0.1) is 24.0 Å². The van der Waals surface area contributed by atoms with E-state index in [0.717, 1.165) is 23.4 Å². The van der Waals surface area contributed by atoms with E-state index in [4.69, 9.17) is 0 Å². The zero-order chi connectivity index (χ0) is 16.7. The van der Waals surface area contributed by atoms with Crippen LogP contribution in [0.2, 0.25) is 0 Å². The first-order valence-electron chi connectivity index (χ1n) is 7.35. The van der Waals surface area contributed by atoms with Gasteiger partial charge in [-0.25, -0.2) is 4.99 Å². The van der Waals surface area contributed by atoms with Crippen LogP contribution in [-0.2, 0) is 18.4 Å². The number of nitrogens with zero attached hydrogens (tertiary/aromatic N) is 4. The van der Waals surface area contributed by atoms with Gasteiger partial charge in [0.05, 0.1) is 6.54 Å². The molecule has 23 heavy (non-hydrogen) atoms. The Morgan fingerprint density at radius 1 is 1.39 bits per heavy atom. The van der Waals surface area contributed by atoms with Gasteiger partial charge in [-0.3, -0.25) is 4.79 Å². The van der Waals surface area contributed by atoms with Crippen molar-refractivity contribution in [1.29, 1.82) is 0 Å². The zero-order valence-corrected chi connectivity index (χ0v) is 18.4. The summed E-state index contributed by atoms with van der Waals surface area (Å²) in [4.78, 5) is 19.7. The molecule has 132 valence electrons. The summed E-state index contributed by atoms with van der Waals surface area (Å²) in [6.07, 6.45) is 3.03. The van der Waals surface area contributed by atoms with Crippen LogP contribution < -0.4 is 5.32 Å². The van der Waals surface area contributed by atoms with Crippen LogP contribution in [0.25, 0.3) is 0 Å². The lowest BCUT2D eigenvalue weighted by Crippen LogP contribution is -2.40. The maximum Gasteiger partial charge on any atom is 0.243 e. The van der Waals surface area contributed by atoms with Crippen molar-refractivity contribution in [2.45, 2.75) is 19.9 Å². The minimum atomic E-state index is -0.00851. The normalized spacial score (nSPS) is 11.0. The van der Waals surface area contributed by atoms with Crippen LogP contribution >= 0.6 is 39.9 Å². The molecule has 1 N–H and O–H groups in total. The van der Waals surface area contributed by atoms with Gasteiger partial charge in [0, 0.05) is 51.1 Å². The number of aliphatic imine (C=N–C) groups is 1. The van der Waals surface area contributed by atoms with E-state index in [1.807, 2.05) is 25.2 Å². The van der Waals surface area contributed by atoms with E-state index in [1.54, 1.807) is 19.0 Å². The summed E-state index contributed by atoms with van der Waals surface area (Å²) in [6.45, 7) is 3.80. The number of guanidine groups is 1. The number of carbonyl (C=O) groups is 1. The van der Waals surface area contributed by atoms with E-state index in [2.05, 4.69) is 43.8 Å². The average Bonchev–Trinajstić information content (AvgIpc) is 2.76. The standard InChI is InChI=1S/C15H26BrN5O.HI/c1-6-7-17-15(18-9-14(22)19(2)3)21(5)11-13-8-12(16)10-20(13)4;/h8,10H,6-7,9,11H2,1-5H3,(H,17,18);1H. The van der Waals surface area contributed by atoms with E-state index in [9.17, 15) is 4.79 Å². The topological polar surface area (TPSA) is 52.9 Å². The SMILES string of the molecule is CCCNC(=NCC(=O)N(C)C)N(C)Cc1cc(Br)cn1C.I. The van der Waals surface area contributed by atoms with Gasteiger partial charge >= 0.3 is 0 Å². The number of aromatic nitrogens is 1. The molecule has 0 aliphatic carbocycles. The van der Waals surface area contributed by atoms with Crippen LogP contribution in [0.4, 0.5) is 0 Å². The lowest BCUT2D eigenvalue weighted by atomic mass is 10.4. The molecule has 0 aliphatic rings. The number of hydrogen-bond acceptors (Lipinski definition) is 2. The molecule has 0 spiro atoms. The third-order valence-electron chi connectivity index (χ3n) is 3.23. The van der Waals surface area contributed by atoms with Gasteiger partial charge in [-0.1, -0.05) is 6.92 Å². The van der Waals surface area contributed by atoms with Gasteiger partial charge in [0.25, 0.3) is 0 Å². The Balaban J connectivity index is 0.00000484. The molecular weight excluding hydrogens is 473 g/mol. The molecule has 0 unspecified atom stereocenters. The summed E-state index contributed by atoms with van der Waals surface area (Å²) in [5, 5.41) is 3.29. The Labute approximate surface area is 164 Å². The molecule has 1 amide bonds. The molecule has 1 aromatic rings. The third kappa shape index (κ3) is 7.56.